The van der Waals surface area contributed by atoms with Gasteiger partial charge in [-0.25, -0.2) is 0 Å². The van der Waals surface area contributed by atoms with Crippen molar-refractivity contribution in [1.82, 2.24) is 0 Å². The Bertz CT molecular complexity index is 426. The minimum Gasteiger partial charge on any atom is -0.371 e. The summed E-state index contributed by atoms with van der Waals surface area (Å²) >= 11 is 0. The zero-order valence-corrected chi connectivity index (χ0v) is 9.93. The van der Waals surface area contributed by atoms with Gasteiger partial charge in [0.1, 0.15) is 0 Å². The van der Waals surface area contributed by atoms with Gasteiger partial charge in [-0.1, -0.05) is 6.07 Å². The molecular formula is C12H17N3O2. The second kappa shape index (κ2) is 4.71. The van der Waals surface area contributed by atoms with Crippen LogP contribution >= 0.6 is 0 Å². The molecule has 1 fully saturated rings. The van der Waals surface area contributed by atoms with Crippen LogP contribution < -0.4 is 10.6 Å². The predicted molar refractivity (Wildman–Crippen MR) is 67.3 cm³/mol. The smallest absolute Gasteiger partial charge is 0.271 e. The van der Waals surface area contributed by atoms with Crippen molar-refractivity contribution in [2.75, 3.05) is 18.0 Å². The van der Waals surface area contributed by atoms with Crippen molar-refractivity contribution >= 4 is 11.4 Å². The molecule has 1 saturated heterocycles. The number of non-ortho nitro benzene ring substituents is 1. The van der Waals surface area contributed by atoms with Crippen molar-refractivity contribution in [3.8, 4) is 0 Å². The lowest BCUT2D eigenvalue weighted by molar-refractivity contribution is -0.384. The third-order valence-corrected chi connectivity index (χ3v) is 3.28. The average molecular weight is 235 g/mol. The second-order valence-corrected chi connectivity index (χ2v) is 4.55. The van der Waals surface area contributed by atoms with E-state index in [-0.39, 0.29) is 16.7 Å². The third-order valence-electron chi connectivity index (χ3n) is 3.28. The molecule has 0 aromatic heterocycles. The van der Waals surface area contributed by atoms with Gasteiger partial charge < -0.3 is 10.6 Å². The Balaban J connectivity index is 2.25. The largest absolute Gasteiger partial charge is 0.371 e. The van der Waals surface area contributed by atoms with E-state index in [0.717, 1.165) is 37.2 Å². The van der Waals surface area contributed by atoms with Gasteiger partial charge in [0, 0.05) is 37.0 Å². The molecule has 1 aliphatic rings. The molecule has 0 atom stereocenters. The van der Waals surface area contributed by atoms with Crippen molar-refractivity contribution in [3.63, 3.8) is 0 Å². The van der Waals surface area contributed by atoms with E-state index >= 15 is 0 Å². The summed E-state index contributed by atoms with van der Waals surface area (Å²) in [5.41, 5.74) is 8.05. The summed E-state index contributed by atoms with van der Waals surface area (Å²) in [5, 5.41) is 10.8. The van der Waals surface area contributed by atoms with Crippen LogP contribution in [0.4, 0.5) is 11.4 Å². The lowest BCUT2D eigenvalue weighted by Gasteiger charge is -2.32. The molecule has 92 valence electrons. The molecule has 17 heavy (non-hydrogen) atoms. The van der Waals surface area contributed by atoms with Gasteiger partial charge in [-0.2, -0.15) is 0 Å². The summed E-state index contributed by atoms with van der Waals surface area (Å²) in [4.78, 5) is 12.6. The Hall–Kier alpha value is -1.62. The molecule has 1 heterocycles. The number of nitrogens with zero attached hydrogens (tertiary/aromatic N) is 2. The zero-order valence-electron chi connectivity index (χ0n) is 9.93. The maximum absolute atomic E-state index is 10.8. The van der Waals surface area contributed by atoms with Crippen LogP contribution in [-0.4, -0.2) is 24.1 Å². The Kier molecular flexibility index (Phi) is 3.28. The normalized spacial score (nSPS) is 17.2. The van der Waals surface area contributed by atoms with E-state index < -0.39 is 0 Å². The molecule has 5 nitrogen and oxygen atoms in total. The van der Waals surface area contributed by atoms with E-state index in [4.69, 9.17) is 5.73 Å². The first-order chi connectivity index (χ1) is 8.08. The minimum atomic E-state index is -0.349. The molecule has 5 heteroatoms. The topological polar surface area (TPSA) is 72.4 Å². The maximum Gasteiger partial charge on any atom is 0.271 e. The first-order valence-electron chi connectivity index (χ1n) is 5.83. The summed E-state index contributed by atoms with van der Waals surface area (Å²) in [6.07, 6.45) is 1.89. The van der Waals surface area contributed by atoms with E-state index in [9.17, 15) is 10.1 Å². The molecule has 2 rings (SSSR count). The van der Waals surface area contributed by atoms with Gasteiger partial charge in [0.15, 0.2) is 0 Å². The Morgan fingerprint density at radius 3 is 2.65 bits per heavy atom. The molecule has 1 aromatic carbocycles. The Morgan fingerprint density at radius 2 is 2.06 bits per heavy atom. The Labute approximate surface area is 100 Å². The number of rotatable bonds is 2. The van der Waals surface area contributed by atoms with Crippen LogP contribution in [0.25, 0.3) is 0 Å². The Morgan fingerprint density at radius 1 is 1.41 bits per heavy atom. The molecule has 1 aromatic rings. The number of nitro benzene ring substituents is 1. The highest BCUT2D eigenvalue weighted by molar-refractivity contribution is 5.59. The first kappa shape index (κ1) is 11.9. The summed E-state index contributed by atoms with van der Waals surface area (Å²) in [6, 6.07) is 5.29. The molecule has 1 aliphatic heterocycles. The van der Waals surface area contributed by atoms with E-state index in [1.165, 1.54) is 0 Å². The molecule has 2 N–H and O–H groups in total. The lowest BCUT2D eigenvalue weighted by Crippen LogP contribution is -2.39. The lowest BCUT2D eigenvalue weighted by atomic mass is 10.0. The monoisotopic (exact) mass is 235 g/mol. The minimum absolute atomic E-state index is 0.153. The number of nitro groups is 1. The number of benzene rings is 1. The average Bonchev–Trinajstić information content (AvgIpc) is 2.31. The second-order valence-electron chi connectivity index (χ2n) is 4.55. The van der Waals surface area contributed by atoms with Crippen molar-refractivity contribution in [2.24, 2.45) is 5.73 Å². The number of anilines is 1. The first-order valence-corrected chi connectivity index (χ1v) is 5.83. The van der Waals surface area contributed by atoms with Crippen molar-refractivity contribution in [3.05, 3.63) is 33.9 Å². The fourth-order valence-electron chi connectivity index (χ4n) is 2.19. The van der Waals surface area contributed by atoms with Gasteiger partial charge in [0.2, 0.25) is 0 Å². The van der Waals surface area contributed by atoms with Gasteiger partial charge in [0.25, 0.3) is 5.69 Å². The molecule has 0 saturated carbocycles. The van der Waals surface area contributed by atoms with Gasteiger partial charge in [-0.05, 0) is 25.3 Å². The molecule has 0 aliphatic carbocycles. The van der Waals surface area contributed by atoms with Crippen LogP contribution in [0.3, 0.4) is 0 Å². The fourth-order valence-corrected chi connectivity index (χ4v) is 2.19. The van der Waals surface area contributed by atoms with Crippen molar-refractivity contribution < 1.29 is 4.92 Å². The third kappa shape index (κ3) is 2.55. The summed E-state index contributed by atoms with van der Waals surface area (Å²) in [5.74, 6) is 0. The van der Waals surface area contributed by atoms with E-state index in [0.29, 0.717) is 0 Å². The number of hydrogen-bond donors (Lipinski definition) is 1. The van der Waals surface area contributed by atoms with E-state index in [1.807, 2.05) is 13.0 Å². The van der Waals surface area contributed by atoms with Crippen LogP contribution in [0, 0.1) is 17.0 Å². The zero-order chi connectivity index (χ0) is 12.4. The fraction of sp³-hybridized carbons (Fsp3) is 0.500. The molecule has 0 spiro atoms. The summed E-state index contributed by atoms with van der Waals surface area (Å²) < 4.78 is 0. The maximum atomic E-state index is 10.8. The summed E-state index contributed by atoms with van der Waals surface area (Å²) in [6.45, 7) is 3.74. The molecular weight excluding hydrogens is 218 g/mol. The van der Waals surface area contributed by atoms with Gasteiger partial charge in [0.05, 0.1) is 4.92 Å². The number of nitrogens with two attached hydrogens (primary N) is 1. The van der Waals surface area contributed by atoms with Gasteiger partial charge in [-0.15, -0.1) is 0 Å². The molecule has 0 bridgehead atoms. The molecule has 0 radical (unpaired) electrons. The van der Waals surface area contributed by atoms with Crippen molar-refractivity contribution in [2.45, 2.75) is 25.8 Å². The summed E-state index contributed by atoms with van der Waals surface area (Å²) in [7, 11) is 0. The van der Waals surface area contributed by atoms with Crippen LogP contribution in [0.2, 0.25) is 0 Å². The van der Waals surface area contributed by atoms with Gasteiger partial charge >= 0.3 is 0 Å². The molecule has 0 unspecified atom stereocenters. The highest BCUT2D eigenvalue weighted by atomic mass is 16.6. The van der Waals surface area contributed by atoms with Crippen LogP contribution in [0.1, 0.15) is 18.4 Å². The predicted octanol–water partition coefficient (Wildman–Crippen LogP) is 1.83. The van der Waals surface area contributed by atoms with Crippen LogP contribution in [-0.2, 0) is 0 Å². The number of aryl methyl sites for hydroxylation is 1. The quantitative estimate of drug-likeness (QED) is 0.627. The number of piperidine rings is 1. The highest BCUT2D eigenvalue weighted by Gasteiger charge is 2.19. The van der Waals surface area contributed by atoms with Crippen LogP contribution in [0.5, 0.6) is 0 Å². The molecule has 0 amide bonds. The van der Waals surface area contributed by atoms with Crippen LogP contribution in [0.15, 0.2) is 18.2 Å². The standard InChI is InChI=1S/C12H17N3O2/c1-9-2-3-11(15(16)17)8-12(9)14-6-4-10(13)5-7-14/h2-3,8,10H,4-7,13H2,1H3. The number of hydrogen-bond acceptors (Lipinski definition) is 4. The van der Waals surface area contributed by atoms with E-state index in [1.54, 1.807) is 12.1 Å². The highest BCUT2D eigenvalue weighted by Crippen LogP contribution is 2.27. The van der Waals surface area contributed by atoms with E-state index in [2.05, 4.69) is 4.90 Å². The SMILES string of the molecule is Cc1ccc([N+](=O)[O-])cc1N1CCC(N)CC1. The van der Waals surface area contributed by atoms with Gasteiger partial charge in [-0.3, -0.25) is 10.1 Å². The van der Waals surface area contributed by atoms with Crippen molar-refractivity contribution in [1.29, 1.82) is 0 Å².